The van der Waals surface area contributed by atoms with Crippen molar-refractivity contribution < 1.29 is 4.79 Å². The first kappa shape index (κ1) is 12.5. The van der Waals surface area contributed by atoms with E-state index in [-0.39, 0.29) is 11.9 Å². The smallest absolute Gasteiger partial charge is 0.252 e. The summed E-state index contributed by atoms with van der Waals surface area (Å²) in [4.78, 5) is 16.4. The number of fused-ring (bicyclic) bond motifs is 1. The maximum atomic E-state index is 12.2. The number of carbonyl (C=O) groups is 1. The average Bonchev–Trinajstić information content (AvgIpc) is 2.38. The van der Waals surface area contributed by atoms with Crippen LogP contribution in [0.1, 0.15) is 23.7 Å². The van der Waals surface area contributed by atoms with Gasteiger partial charge in [-0.2, -0.15) is 0 Å². The molecule has 1 aromatic heterocycles. The van der Waals surface area contributed by atoms with Crippen LogP contribution in [0.3, 0.4) is 0 Å². The molecule has 0 spiro atoms. The van der Waals surface area contributed by atoms with Gasteiger partial charge >= 0.3 is 0 Å². The van der Waals surface area contributed by atoms with Crippen molar-refractivity contribution >= 4 is 16.8 Å². The number of amides is 1. The standard InChI is InChI=1S/C14H17N3O/c1-10(7-8-15)17-14(18)12-4-2-6-13-11(12)5-3-9-16-13/h2-6,9-10H,7-8,15H2,1H3,(H,17,18). The van der Waals surface area contributed by atoms with Gasteiger partial charge in [0, 0.05) is 23.2 Å². The summed E-state index contributed by atoms with van der Waals surface area (Å²) in [6, 6.07) is 9.38. The summed E-state index contributed by atoms with van der Waals surface area (Å²) in [5.41, 5.74) is 6.96. The Bertz CT molecular complexity index is 548. The summed E-state index contributed by atoms with van der Waals surface area (Å²) in [6.07, 6.45) is 2.50. The molecule has 1 aromatic carbocycles. The van der Waals surface area contributed by atoms with Gasteiger partial charge in [-0.15, -0.1) is 0 Å². The van der Waals surface area contributed by atoms with Gasteiger partial charge in [-0.05, 0) is 38.1 Å². The van der Waals surface area contributed by atoms with Crippen molar-refractivity contribution in [3.8, 4) is 0 Å². The van der Waals surface area contributed by atoms with Crippen molar-refractivity contribution in [3.63, 3.8) is 0 Å². The molecule has 0 aliphatic heterocycles. The number of nitrogens with two attached hydrogens (primary N) is 1. The lowest BCUT2D eigenvalue weighted by molar-refractivity contribution is 0.0940. The molecule has 4 heteroatoms. The number of aromatic nitrogens is 1. The Morgan fingerprint density at radius 2 is 2.22 bits per heavy atom. The molecular weight excluding hydrogens is 226 g/mol. The molecule has 1 heterocycles. The summed E-state index contributed by atoms with van der Waals surface area (Å²) in [5, 5.41) is 3.82. The van der Waals surface area contributed by atoms with Crippen LogP contribution in [-0.2, 0) is 0 Å². The number of nitrogens with one attached hydrogen (secondary N) is 1. The Balaban J connectivity index is 2.28. The highest BCUT2D eigenvalue weighted by molar-refractivity contribution is 6.06. The largest absolute Gasteiger partial charge is 0.350 e. The summed E-state index contributed by atoms with van der Waals surface area (Å²) >= 11 is 0. The van der Waals surface area contributed by atoms with Crippen LogP contribution < -0.4 is 11.1 Å². The Labute approximate surface area is 106 Å². The third kappa shape index (κ3) is 2.65. The molecule has 1 atom stereocenters. The molecule has 4 nitrogen and oxygen atoms in total. The van der Waals surface area contributed by atoms with Crippen LogP contribution >= 0.6 is 0 Å². The zero-order chi connectivity index (χ0) is 13.0. The normalized spacial score (nSPS) is 12.3. The monoisotopic (exact) mass is 243 g/mol. The van der Waals surface area contributed by atoms with Gasteiger partial charge < -0.3 is 11.1 Å². The first-order valence-electron chi connectivity index (χ1n) is 6.07. The van der Waals surface area contributed by atoms with E-state index in [0.29, 0.717) is 12.1 Å². The van der Waals surface area contributed by atoms with E-state index in [1.54, 1.807) is 6.20 Å². The molecule has 0 aliphatic carbocycles. The summed E-state index contributed by atoms with van der Waals surface area (Å²) in [6.45, 7) is 2.52. The predicted molar refractivity (Wildman–Crippen MR) is 72.3 cm³/mol. The maximum absolute atomic E-state index is 12.2. The van der Waals surface area contributed by atoms with Crippen LogP contribution in [0, 0.1) is 0 Å². The van der Waals surface area contributed by atoms with Crippen molar-refractivity contribution in [1.29, 1.82) is 0 Å². The second kappa shape index (κ2) is 5.60. The molecule has 1 unspecified atom stereocenters. The third-order valence-corrected chi connectivity index (χ3v) is 2.87. The van der Waals surface area contributed by atoms with Gasteiger partial charge in [0.05, 0.1) is 5.52 Å². The van der Waals surface area contributed by atoms with Gasteiger partial charge in [0.25, 0.3) is 5.91 Å². The summed E-state index contributed by atoms with van der Waals surface area (Å²) in [5.74, 6) is -0.0745. The number of benzene rings is 1. The Morgan fingerprint density at radius 3 is 3.00 bits per heavy atom. The molecule has 0 fully saturated rings. The Hall–Kier alpha value is -1.94. The molecule has 94 valence electrons. The van der Waals surface area contributed by atoms with Crippen LogP contribution in [0.25, 0.3) is 10.9 Å². The molecule has 0 saturated carbocycles. The number of hydrogen-bond acceptors (Lipinski definition) is 3. The third-order valence-electron chi connectivity index (χ3n) is 2.87. The predicted octanol–water partition coefficient (Wildman–Crippen LogP) is 1.70. The summed E-state index contributed by atoms with van der Waals surface area (Å²) in [7, 11) is 0. The fourth-order valence-electron chi connectivity index (χ4n) is 1.93. The van der Waals surface area contributed by atoms with Gasteiger partial charge in [-0.25, -0.2) is 0 Å². The summed E-state index contributed by atoms with van der Waals surface area (Å²) < 4.78 is 0. The van der Waals surface area contributed by atoms with E-state index in [2.05, 4.69) is 10.3 Å². The van der Waals surface area contributed by atoms with E-state index in [9.17, 15) is 4.79 Å². The van der Waals surface area contributed by atoms with Crippen molar-refractivity contribution in [2.75, 3.05) is 6.54 Å². The van der Waals surface area contributed by atoms with Gasteiger partial charge in [0.2, 0.25) is 0 Å². The zero-order valence-corrected chi connectivity index (χ0v) is 10.4. The van der Waals surface area contributed by atoms with Crippen LogP contribution in [0.4, 0.5) is 0 Å². The molecule has 2 aromatic rings. The lowest BCUT2D eigenvalue weighted by Gasteiger charge is -2.13. The van der Waals surface area contributed by atoms with Crippen LogP contribution in [-0.4, -0.2) is 23.5 Å². The fourth-order valence-corrected chi connectivity index (χ4v) is 1.93. The minimum Gasteiger partial charge on any atom is -0.350 e. The molecule has 0 radical (unpaired) electrons. The highest BCUT2D eigenvalue weighted by atomic mass is 16.1. The molecular formula is C14H17N3O. The maximum Gasteiger partial charge on any atom is 0.252 e. The van der Waals surface area contributed by atoms with E-state index in [4.69, 9.17) is 5.73 Å². The quantitative estimate of drug-likeness (QED) is 0.858. The number of pyridine rings is 1. The number of hydrogen-bond donors (Lipinski definition) is 2. The highest BCUT2D eigenvalue weighted by Gasteiger charge is 2.12. The molecule has 0 saturated heterocycles. The zero-order valence-electron chi connectivity index (χ0n) is 10.4. The van der Waals surface area contributed by atoms with E-state index >= 15 is 0 Å². The first-order valence-corrected chi connectivity index (χ1v) is 6.07. The van der Waals surface area contributed by atoms with Gasteiger partial charge in [0.15, 0.2) is 0 Å². The average molecular weight is 243 g/mol. The second-order valence-corrected chi connectivity index (χ2v) is 4.33. The SMILES string of the molecule is CC(CCN)NC(=O)c1cccc2ncccc12. The minimum absolute atomic E-state index is 0.0745. The molecule has 2 rings (SSSR count). The van der Waals surface area contributed by atoms with Crippen molar-refractivity contribution in [1.82, 2.24) is 10.3 Å². The Kier molecular flexibility index (Phi) is 3.89. The number of carbonyl (C=O) groups excluding carboxylic acids is 1. The Morgan fingerprint density at radius 1 is 1.39 bits per heavy atom. The molecule has 18 heavy (non-hydrogen) atoms. The number of nitrogens with zero attached hydrogens (tertiary/aromatic N) is 1. The van der Waals surface area contributed by atoms with Gasteiger partial charge in [-0.3, -0.25) is 9.78 Å². The van der Waals surface area contributed by atoms with Crippen LogP contribution in [0.2, 0.25) is 0 Å². The van der Waals surface area contributed by atoms with Gasteiger partial charge in [-0.1, -0.05) is 12.1 Å². The van der Waals surface area contributed by atoms with Gasteiger partial charge in [0.1, 0.15) is 0 Å². The topological polar surface area (TPSA) is 68.0 Å². The van der Waals surface area contributed by atoms with Crippen LogP contribution in [0.15, 0.2) is 36.5 Å². The highest BCUT2D eigenvalue weighted by Crippen LogP contribution is 2.16. The number of rotatable bonds is 4. The molecule has 3 N–H and O–H groups in total. The lowest BCUT2D eigenvalue weighted by atomic mass is 10.1. The second-order valence-electron chi connectivity index (χ2n) is 4.33. The fraction of sp³-hybridized carbons (Fsp3) is 0.286. The van der Waals surface area contributed by atoms with Crippen molar-refractivity contribution in [2.45, 2.75) is 19.4 Å². The molecule has 1 amide bonds. The van der Waals surface area contributed by atoms with E-state index in [1.807, 2.05) is 37.3 Å². The molecule has 0 bridgehead atoms. The minimum atomic E-state index is -0.0745. The van der Waals surface area contributed by atoms with Crippen molar-refractivity contribution in [3.05, 3.63) is 42.1 Å². The molecule has 0 aliphatic rings. The van der Waals surface area contributed by atoms with E-state index < -0.39 is 0 Å². The van der Waals surface area contributed by atoms with E-state index in [1.165, 1.54) is 0 Å². The lowest BCUT2D eigenvalue weighted by Crippen LogP contribution is -2.34. The van der Waals surface area contributed by atoms with E-state index in [0.717, 1.165) is 17.3 Å². The van der Waals surface area contributed by atoms with Crippen molar-refractivity contribution in [2.24, 2.45) is 5.73 Å². The van der Waals surface area contributed by atoms with Crippen LogP contribution in [0.5, 0.6) is 0 Å². The first-order chi connectivity index (χ1) is 8.72.